The Kier molecular flexibility index (Phi) is 8.67. The molecule has 3 aliphatic carbocycles. The predicted molar refractivity (Wildman–Crippen MR) is 156 cm³/mol. The fourth-order valence-electron chi connectivity index (χ4n) is 7.68. The van der Waals surface area contributed by atoms with E-state index in [4.69, 9.17) is 0 Å². The van der Waals surface area contributed by atoms with Crippen LogP contribution < -0.4 is 10.6 Å². The maximum atomic E-state index is 13.4. The normalized spacial score (nSPS) is 34.1. The number of fused-ring (bicyclic) bond motifs is 3. The molecule has 0 aliphatic heterocycles. The molecule has 2 amide bonds. The Morgan fingerprint density at radius 1 is 1.13 bits per heavy atom. The van der Waals surface area contributed by atoms with Gasteiger partial charge in [0.1, 0.15) is 6.07 Å². The van der Waals surface area contributed by atoms with Crippen molar-refractivity contribution in [1.82, 2.24) is 10.6 Å². The lowest BCUT2D eigenvalue weighted by molar-refractivity contribution is -0.126. The van der Waals surface area contributed by atoms with E-state index in [-0.39, 0.29) is 51.3 Å². The van der Waals surface area contributed by atoms with Crippen LogP contribution in [0.3, 0.4) is 0 Å². The first-order valence-electron chi connectivity index (χ1n) is 15.0. The summed E-state index contributed by atoms with van der Waals surface area (Å²) in [5.41, 5.74) is 0.0262. The molecule has 0 unspecified atom stereocenters. The van der Waals surface area contributed by atoms with Gasteiger partial charge in [0.15, 0.2) is 11.6 Å². The second kappa shape index (κ2) is 10.9. The van der Waals surface area contributed by atoms with E-state index >= 15 is 0 Å². The molecule has 0 spiro atoms. The van der Waals surface area contributed by atoms with Crippen molar-refractivity contribution >= 4 is 17.6 Å². The van der Waals surface area contributed by atoms with Gasteiger partial charge in [0, 0.05) is 29.8 Å². The average molecular weight is 538 g/mol. The zero-order chi connectivity index (χ0) is 29.4. The Hall–Kier alpha value is -2.42. The van der Waals surface area contributed by atoms with Crippen molar-refractivity contribution in [3.63, 3.8) is 0 Å². The number of nitriles is 1. The van der Waals surface area contributed by atoms with Crippen molar-refractivity contribution in [2.45, 2.75) is 119 Å². The first-order valence-corrected chi connectivity index (χ1v) is 15.0. The van der Waals surface area contributed by atoms with Gasteiger partial charge >= 0.3 is 6.03 Å². The zero-order valence-electron chi connectivity index (χ0n) is 25.8. The third-order valence-electron chi connectivity index (χ3n) is 11.2. The van der Waals surface area contributed by atoms with Crippen molar-refractivity contribution < 1.29 is 14.4 Å². The molecule has 6 heteroatoms. The molecule has 1 fully saturated rings. The van der Waals surface area contributed by atoms with Crippen LogP contribution in [0.4, 0.5) is 4.79 Å². The van der Waals surface area contributed by atoms with E-state index in [1.807, 2.05) is 26.0 Å². The van der Waals surface area contributed by atoms with Crippen LogP contribution in [0.25, 0.3) is 0 Å². The molecule has 6 atom stereocenters. The lowest BCUT2D eigenvalue weighted by Gasteiger charge is -2.61. The molecule has 0 aromatic rings. The lowest BCUT2D eigenvalue weighted by atomic mass is 9.42. The minimum absolute atomic E-state index is 0.0729. The van der Waals surface area contributed by atoms with Gasteiger partial charge in [-0.15, -0.1) is 0 Å². The number of hydrogen-bond acceptors (Lipinski definition) is 4. The monoisotopic (exact) mass is 537 g/mol. The van der Waals surface area contributed by atoms with Gasteiger partial charge in [-0.1, -0.05) is 66.5 Å². The highest BCUT2D eigenvalue weighted by atomic mass is 16.2. The van der Waals surface area contributed by atoms with Gasteiger partial charge in [0.25, 0.3) is 0 Å². The van der Waals surface area contributed by atoms with Crippen LogP contribution in [0.1, 0.15) is 114 Å². The van der Waals surface area contributed by atoms with E-state index in [0.29, 0.717) is 13.0 Å². The number of nitrogens with one attached hydrogen (secondary N) is 2. The topological polar surface area (TPSA) is 99.1 Å². The summed E-state index contributed by atoms with van der Waals surface area (Å²) in [6.45, 7) is 20.0. The minimum atomic E-state index is -0.504. The SMILES string of the molecule is CCNC(=O)N[C@@](C)(CCC(C)(C)CC)CC[C@]1(C)CC(=O)C=C2[C@@]3(C)C=C(C#N)C(=O)[C@@H](C)[C@@H]3CC[C@]21C. The van der Waals surface area contributed by atoms with Gasteiger partial charge in [-0.25, -0.2) is 4.79 Å². The van der Waals surface area contributed by atoms with E-state index < -0.39 is 11.0 Å². The van der Waals surface area contributed by atoms with E-state index in [9.17, 15) is 19.6 Å². The Morgan fingerprint density at radius 2 is 1.79 bits per heavy atom. The highest BCUT2D eigenvalue weighted by molar-refractivity contribution is 6.02. The van der Waals surface area contributed by atoms with Crippen molar-refractivity contribution in [2.24, 2.45) is 33.5 Å². The summed E-state index contributed by atoms with van der Waals surface area (Å²) in [4.78, 5) is 38.9. The molecule has 0 aromatic carbocycles. The predicted octanol–water partition coefficient (Wildman–Crippen LogP) is 7.06. The summed E-state index contributed by atoms with van der Waals surface area (Å²) >= 11 is 0. The molecule has 3 aliphatic rings. The minimum Gasteiger partial charge on any atom is -0.338 e. The van der Waals surface area contributed by atoms with E-state index in [1.165, 1.54) is 0 Å². The summed E-state index contributed by atoms with van der Waals surface area (Å²) in [7, 11) is 0. The van der Waals surface area contributed by atoms with Gasteiger partial charge in [0.05, 0.1) is 5.57 Å². The van der Waals surface area contributed by atoms with Crippen molar-refractivity contribution in [2.75, 3.05) is 6.54 Å². The number of urea groups is 1. The third-order valence-corrected chi connectivity index (χ3v) is 11.2. The summed E-state index contributed by atoms with van der Waals surface area (Å²) in [5, 5.41) is 15.9. The number of rotatable bonds is 9. The van der Waals surface area contributed by atoms with Crippen LogP contribution in [0.2, 0.25) is 0 Å². The number of carbonyl (C=O) groups is 3. The molecule has 39 heavy (non-hydrogen) atoms. The quantitative estimate of drug-likeness (QED) is 0.329. The van der Waals surface area contributed by atoms with Crippen molar-refractivity contribution in [1.29, 1.82) is 5.26 Å². The molecule has 1 saturated carbocycles. The Morgan fingerprint density at radius 3 is 2.38 bits per heavy atom. The Balaban J connectivity index is 1.97. The van der Waals surface area contributed by atoms with E-state index in [0.717, 1.165) is 50.5 Å². The highest BCUT2D eigenvalue weighted by Gasteiger charge is 2.61. The number of Topliss-reactive ketones (excluding diaryl/α,β-unsaturated/α-hetero) is 1. The number of amides is 2. The number of allylic oxidation sites excluding steroid dienone is 4. The second-order valence-electron chi connectivity index (χ2n) is 14.4. The molecule has 0 saturated heterocycles. The summed E-state index contributed by atoms with van der Waals surface area (Å²) in [6, 6.07) is 2.00. The van der Waals surface area contributed by atoms with E-state index in [1.54, 1.807) is 0 Å². The maximum absolute atomic E-state index is 13.4. The highest BCUT2D eigenvalue weighted by Crippen LogP contribution is 2.67. The van der Waals surface area contributed by atoms with Crippen LogP contribution in [-0.2, 0) is 9.59 Å². The fourth-order valence-corrected chi connectivity index (χ4v) is 7.68. The molecular weight excluding hydrogens is 486 g/mol. The van der Waals surface area contributed by atoms with E-state index in [2.05, 4.69) is 65.2 Å². The fraction of sp³-hybridized carbons (Fsp3) is 0.758. The summed E-state index contributed by atoms with van der Waals surface area (Å²) < 4.78 is 0. The summed E-state index contributed by atoms with van der Waals surface area (Å²) in [6.07, 6.45) is 10.5. The molecular formula is C33H51N3O3. The molecule has 216 valence electrons. The first-order chi connectivity index (χ1) is 18.0. The molecule has 0 aromatic heterocycles. The molecule has 0 bridgehead atoms. The standard InChI is InChI=1S/C33H51N3O3/c1-10-29(4,5)14-16-31(7,36-28(39)35-11-2)17-15-30(6)20-24(37)18-26-32(8)19-23(21-34)27(38)22(3)25(32)12-13-33(26,30)9/h18-19,22,25H,10-17,20H2,1-9H3,(H2,35,36,39)/t22-,25-,30+,31-,32-,33+/m0/s1. The van der Waals surface area contributed by atoms with Gasteiger partial charge in [-0.2, -0.15) is 5.26 Å². The van der Waals surface area contributed by atoms with Crippen LogP contribution in [0.15, 0.2) is 23.3 Å². The van der Waals surface area contributed by atoms with Crippen LogP contribution >= 0.6 is 0 Å². The smallest absolute Gasteiger partial charge is 0.315 e. The molecule has 6 nitrogen and oxygen atoms in total. The van der Waals surface area contributed by atoms with Gasteiger partial charge in [-0.05, 0) is 80.6 Å². The first kappa shape index (κ1) is 31.1. The van der Waals surface area contributed by atoms with Crippen molar-refractivity contribution in [3.05, 3.63) is 23.3 Å². The zero-order valence-corrected chi connectivity index (χ0v) is 25.8. The largest absolute Gasteiger partial charge is 0.338 e. The lowest BCUT2D eigenvalue weighted by Crippen LogP contribution is -2.56. The number of ketones is 2. The van der Waals surface area contributed by atoms with Gasteiger partial charge in [0.2, 0.25) is 0 Å². The molecule has 0 heterocycles. The Bertz CT molecular complexity index is 1110. The number of nitrogens with zero attached hydrogens (tertiary/aromatic N) is 1. The molecule has 2 N–H and O–H groups in total. The van der Waals surface area contributed by atoms with Gasteiger partial charge in [-0.3, -0.25) is 9.59 Å². The van der Waals surface area contributed by atoms with Crippen molar-refractivity contribution in [3.8, 4) is 6.07 Å². The average Bonchev–Trinajstić information content (AvgIpc) is 2.86. The van der Waals surface area contributed by atoms with Crippen LogP contribution in [-0.4, -0.2) is 29.7 Å². The van der Waals surface area contributed by atoms with Crippen LogP contribution in [0.5, 0.6) is 0 Å². The second-order valence-corrected chi connectivity index (χ2v) is 14.4. The number of carbonyl (C=O) groups excluding carboxylic acids is 3. The number of hydrogen-bond donors (Lipinski definition) is 2. The maximum Gasteiger partial charge on any atom is 0.315 e. The van der Waals surface area contributed by atoms with Gasteiger partial charge < -0.3 is 10.6 Å². The summed E-state index contributed by atoms with van der Waals surface area (Å²) in [5.74, 6) is -0.113. The Labute approximate surface area is 236 Å². The third kappa shape index (κ3) is 5.74. The molecule has 3 rings (SSSR count). The van der Waals surface area contributed by atoms with Crippen LogP contribution in [0, 0.1) is 44.8 Å². The molecule has 0 radical (unpaired) electrons.